The maximum absolute atomic E-state index is 10.3. The lowest BCUT2D eigenvalue weighted by molar-refractivity contribution is 0.0651. The van der Waals surface area contributed by atoms with Crippen LogP contribution in [0.1, 0.15) is 11.8 Å². The molecule has 4 nitrogen and oxygen atoms in total. The molecular weight excluding hydrogens is 222 g/mol. The Balaban J connectivity index is 2.61. The lowest BCUT2D eigenvalue weighted by Crippen LogP contribution is -2.43. The lowest BCUT2D eigenvalue weighted by atomic mass is 10.1. The zero-order valence-electron chi connectivity index (χ0n) is 10.2. The first-order valence-corrected chi connectivity index (χ1v) is 5.99. The number of nitrogens with one attached hydrogen (secondary N) is 1. The molecule has 0 bridgehead atoms. The van der Waals surface area contributed by atoms with E-state index in [1.54, 1.807) is 25.3 Å². The third-order valence-corrected chi connectivity index (χ3v) is 3.40. The molecule has 2 N–H and O–H groups in total. The molecule has 0 saturated heterocycles. The summed E-state index contributed by atoms with van der Waals surface area (Å²) in [4.78, 5) is 6.93. The van der Waals surface area contributed by atoms with Crippen LogP contribution in [0.5, 0.6) is 0 Å². The average Bonchev–Trinajstić information content (AvgIpc) is 2.71. The van der Waals surface area contributed by atoms with Crippen molar-refractivity contribution < 1.29 is 5.11 Å². The molecule has 0 fully saturated rings. The van der Waals surface area contributed by atoms with Crippen LogP contribution in [0.3, 0.4) is 0 Å². The van der Waals surface area contributed by atoms with Crippen molar-refractivity contribution in [1.29, 1.82) is 0 Å². The molecule has 0 spiro atoms. The summed E-state index contributed by atoms with van der Waals surface area (Å²) in [6.07, 6.45) is 0. The zero-order valence-corrected chi connectivity index (χ0v) is 11.0. The molecule has 90 valence electrons. The molecule has 16 heavy (non-hydrogen) atoms. The van der Waals surface area contributed by atoms with Crippen LogP contribution in [0.15, 0.2) is 22.5 Å². The summed E-state index contributed by atoms with van der Waals surface area (Å²) in [5.74, 6) is 0.761. The van der Waals surface area contributed by atoms with E-state index < -0.39 is 5.60 Å². The van der Waals surface area contributed by atoms with Gasteiger partial charge in [0, 0.05) is 26.0 Å². The van der Waals surface area contributed by atoms with Gasteiger partial charge >= 0.3 is 0 Å². The fourth-order valence-corrected chi connectivity index (χ4v) is 2.15. The molecule has 0 aromatic carbocycles. The van der Waals surface area contributed by atoms with E-state index in [0.717, 1.165) is 10.8 Å². The van der Waals surface area contributed by atoms with Crippen LogP contribution in [-0.2, 0) is 5.60 Å². The minimum absolute atomic E-state index is 0.443. The van der Waals surface area contributed by atoms with Crippen LogP contribution in [0.4, 0.5) is 0 Å². The first-order chi connectivity index (χ1) is 7.47. The lowest BCUT2D eigenvalue weighted by Gasteiger charge is -2.25. The molecule has 1 rings (SSSR count). The molecular formula is C11H19N3OS. The third-order valence-electron chi connectivity index (χ3n) is 2.28. The second kappa shape index (κ2) is 5.32. The molecule has 0 amide bonds. The van der Waals surface area contributed by atoms with Crippen LogP contribution >= 0.6 is 11.3 Å². The van der Waals surface area contributed by atoms with E-state index in [2.05, 4.69) is 10.3 Å². The highest BCUT2D eigenvalue weighted by Gasteiger charge is 2.24. The van der Waals surface area contributed by atoms with Crippen molar-refractivity contribution in [2.45, 2.75) is 12.5 Å². The summed E-state index contributed by atoms with van der Waals surface area (Å²) >= 11 is 1.55. The predicted octanol–water partition coefficient (Wildman–Crippen LogP) is 1.09. The van der Waals surface area contributed by atoms with Crippen LogP contribution in [-0.4, -0.2) is 43.7 Å². The van der Waals surface area contributed by atoms with Gasteiger partial charge in [-0.05, 0) is 18.4 Å². The summed E-state index contributed by atoms with van der Waals surface area (Å²) in [6, 6.07) is 3.88. The highest BCUT2D eigenvalue weighted by molar-refractivity contribution is 7.10. The minimum atomic E-state index is -0.861. The Morgan fingerprint density at radius 2 is 2.31 bits per heavy atom. The number of hydrogen-bond acceptors (Lipinski definition) is 3. The molecule has 1 unspecified atom stereocenters. The van der Waals surface area contributed by atoms with Gasteiger partial charge in [-0.3, -0.25) is 4.99 Å². The number of aliphatic hydroxyl groups is 1. The molecule has 0 aliphatic carbocycles. The highest BCUT2D eigenvalue weighted by Crippen LogP contribution is 2.24. The van der Waals surface area contributed by atoms with Gasteiger partial charge in [0.1, 0.15) is 5.60 Å². The standard InChI is InChI=1S/C11H19N3OS/c1-11(15,9-6-5-7-16-9)8-13-10(12-2)14(3)4/h5-7,15H,8H2,1-4H3,(H,12,13). The van der Waals surface area contributed by atoms with Crippen LogP contribution in [0, 0.1) is 0 Å². The van der Waals surface area contributed by atoms with Gasteiger partial charge in [-0.1, -0.05) is 6.07 Å². The van der Waals surface area contributed by atoms with Crippen LogP contribution < -0.4 is 5.32 Å². The number of hydrogen-bond donors (Lipinski definition) is 2. The molecule has 0 radical (unpaired) electrons. The monoisotopic (exact) mass is 241 g/mol. The molecule has 5 heteroatoms. The minimum Gasteiger partial charge on any atom is -0.383 e. The van der Waals surface area contributed by atoms with E-state index in [4.69, 9.17) is 0 Å². The molecule has 1 heterocycles. The van der Waals surface area contributed by atoms with Gasteiger partial charge < -0.3 is 15.3 Å². The van der Waals surface area contributed by atoms with E-state index in [1.165, 1.54) is 0 Å². The molecule has 0 aliphatic rings. The first kappa shape index (κ1) is 13.0. The summed E-state index contributed by atoms with van der Waals surface area (Å²) < 4.78 is 0. The van der Waals surface area contributed by atoms with Crippen molar-refractivity contribution in [3.8, 4) is 0 Å². The Hall–Kier alpha value is -1.07. The van der Waals surface area contributed by atoms with Gasteiger partial charge in [-0.2, -0.15) is 0 Å². The number of aliphatic imine (C=N–C) groups is 1. The quantitative estimate of drug-likeness (QED) is 0.615. The number of nitrogens with zero attached hydrogens (tertiary/aromatic N) is 2. The maximum Gasteiger partial charge on any atom is 0.193 e. The molecule has 0 aliphatic heterocycles. The maximum atomic E-state index is 10.3. The fraction of sp³-hybridized carbons (Fsp3) is 0.545. The summed E-state index contributed by atoms with van der Waals surface area (Å²) in [5.41, 5.74) is -0.861. The SMILES string of the molecule is CN=C(NCC(C)(O)c1cccs1)N(C)C. The highest BCUT2D eigenvalue weighted by atomic mass is 32.1. The summed E-state index contributed by atoms with van der Waals surface area (Å²) in [7, 11) is 5.55. The first-order valence-electron chi connectivity index (χ1n) is 5.11. The number of thiophene rings is 1. The average molecular weight is 241 g/mol. The Kier molecular flexibility index (Phi) is 4.32. The largest absolute Gasteiger partial charge is 0.383 e. The molecule has 0 saturated carbocycles. The molecule has 1 aromatic rings. The Bertz CT molecular complexity index is 344. The van der Waals surface area contributed by atoms with E-state index in [0.29, 0.717) is 6.54 Å². The number of rotatable bonds is 3. The van der Waals surface area contributed by atoms with E-state index >= 15 is 0 Å². The summed E-state index contributed by atoms with van der Waals surface area (Å²) in [6.45, 7) is 2.24. The van der Waals surface area contributed by atoms with Crippen molar-refractivity contribution >= 4 is 17.3 Å². The number of guanidine groups is 1. The van der Waals surface area contributed by atoms with Crippen molar-refractivity contribution in [1.82, 2.24) is 10.2 Å². The second-order valence-corrected chi connectivity index (χ2v) is 4.99. The van der Waals surface area contributed by atoms with E-state index in [9.17, 15) is 5.11 Å². The Labute approximate surface area is 101 Å². The van der Waals surface area contributed by atoms with Crippen molar-refractivity contribution in [3.63, 3.8) is 0 Å². The predicted molar refractivity (Wildman–Crippen MR) is 68.9 cm³/mol. The van der Waals surface area contributed by atoms with Gasteiger partial charge in [0.25, 0.3) is 0 Å². The van der Waals surface area contributed by atoms with Crippen LogP contribution in [0.25, 0.3) is 0 Å². The van der Waals surface area contributed by atoms with Crippen molar-refractivity contribution in [2.24, 2.45) is 4.99 Å². The molecule has 1 aromatic heterocycles. The topological polar surface area (TPSA) is 47.9 Å². The van der Waals surface area contributed by atoms with Gasteiger partial charge in [0.2, 0.25) is 0 Å². The van der Waals surface area contributed by atoms with Crippen molar-refractivity contribution in [3.05, 3.63) is 22.4 Å². The van der Waals surface area contributed by atoms with E-state index in [-0.39, 0.29) is 0 Å². The smallest absolute Gasteiger partial charge is 0.193 e. The van der Waals surface area contributed by atoms with Gasteiger partial charge in [-0.15, -0.1) is 11.3 Å². The summed E-state index contributed by atoms with van der Waals surface area (Å²) in [5, 5.41) is 15.4. The Morgan fingerprint density at radius 1 is 1.62 bits per heavy atom. The fourth-order valence-electron chi connectivity index (χ4n) is 1.36. The third kappa shape index (κ3) is 3.21. The van der Waals surface area contributed by atoms with Crippen molar-refractivity contribution in [2.75, 3.05) is 27.7 Å². The van der Waals surface area contributed by atoms with Gasteiger partial charge in [-0.25, -0.2) is 0 Å². The van der Waals surface area contributed by atoms with Gasteiger partial charge in [0.15, 0.2) is 5.96 Å². The Morgan fingerprint density at radius 3 is 2.75 bits per heavy atom. The normalized spacial score (nSPS) is 15.7. The van der Waals surface area contributed by atoms with Crippen LogP contribution in [0.2, 0.25) is 0 Å². The zero-order chi connectivity index (χ0) is 12.2. The van der Waals surface area contributed by atoms with Gasteiger partial charge in [0.05, 0.1) is 6.54 Å². The molecule has 1 atom stereocenters. The van der Waals surface area contributed by atoms with E-state index in [1.807, 2.05) is 36.5 Å². The second-order valence-electron chi connectivity index (χ2n) is 4.05.